The summed E-state index contributed by atoms with van der Waals surface area (Å²) in [5.74, 6) is -0.827. The topological polar surface area (TPSA) is 60.5 Å². The van der Waals surface area contributed by atoms with E-state index in [0.717, 1.165) is 23.5 Å². The van der Waals surface area contributed by atoms with E-state index in [0.29, 0.717) is 11.5 Å². The SMILES string of the molecule is O=C(Nc1nc(-c2c(F)cccc2F)cs1)[C@@H]1COc2ccccc2O1. The Bertz CT molecular complexity index is 956. The second-order valence-corrected chi connectivity index (χ2v) is 6.35. The fourth-order valence-corrected chi connectivity index (χ4v) is 3.23. The van der Waals surface area contributed by atoms with Gasteiger partial charge in [0.1, 0.15) is 18.2 Å². The molecule has 0 saturated heterocycles. The van der Waals surface area contributed by atoms with Crippen molar-refractivity contribution in [1.29, 1.82) is 0 Å². The molecule has 1 aromatic heterocycles. The van der Waals surface area contributed by atoms with Gasteiger partial charge in [0.25, 0.3) is 5.91 Å². The molecule has 8 heteroatoms. The molecule has 0 radical (unpaired) electrons. The second kappa shape index (κ2) is 6.72. The first-order valence-corrected chi connectivity index (χ1v) is 8.59. The molecule has 0 fully saturated rings. The summed E-state index contributed by atoms with van der Waals surface area (Å²) in [7, 11) is 0. The summed E-state index contributed by atoms with van der Waals surface area (Å²) in [5.41, 5.74) is -0.109. The molecule has 0 saturated carbocycles. The molecule has 1 amide bonds. The lowest BCUT2D eigenvalue weighted by Crippen LogP contribution is -2.40. The van der Waals surface area contributed by atoms with Gasteiger partial charge in [-0.05, 0) is 24.3 Å². The van der Waals surface area contributed by atoms with E-state index in [-0.39, 0.29) is 23.0 Å². The number of rotatable bonds is 3. The number of hydrogen-bond donors (Lipinski definition) is 1. The molecule has 1 N–H and O–H groups in total. The van der Waals surface area contributed by atoms with E-state index in [2.05, 4.69) is 10.3 Å². The molecule has 2 heterocycles. The molecule has 3 aromatic rings. The Hall–Kier alpha value is -3.00. The number of halogens is 2. The summed E-state index contributed by atoms with van der Waals surface area (Å²) in [4.78, 5) is 16.5. The van der Waals surface area contributed by atoms with Gasteiger partial charge in [0, 0.05) is 5.38 Å². The zero-order chi connectivity index (χ0) is 18.1. The molecular formula is C18H12F2N2O3S. The number of nitrogens with zero attached hydrogens (tertiary/aromatic N) is 1. The van der Waals surface area contributed by atoms with Crippen molar-refractivity contribution >= 4 is 22.4 Å². The summed E-state index contributed by atoms with van der Waals surface area (Å²) in [6, 6.07) is 10.6. The van der Waals surface area contributed by atoms with Crippen LogP contribution in [0, 0.1) is 11.6 Å². The molecule has 1 aliphatic rings. The average Bonchev–Trinajstić information content (AvgIpc) is 3.09. The van der Waals surface area contributed by atoms with Crippen LogP contribution in [-0.4, -0.2) is 23.6 Å². The van der Waals surface area contributed by atoms with E-state index in [1.165, 1.54) is 11.4 Å². The number of para-hydroxylation sites is 2. The van der Waals surface area contributed by atoms with Gasteiger partial charge in [0.15, 0.2) is 16.6 Å². The van der Waals surface area contributed by atoms with Gasteiger partial charge in [-0.15, -0.1) is 11.3 Å². The van der Waals surface area contributed by atoms with Gasteiger partial charge in [-0.1, -0.05) is 18.2 Å². The molecule has 1 aliphatic heterocycles. The molecular weight excluding hydrogens is 362 g/mol. The van der Waals surface area contributed by atoms with Crippen LogP contribution in [-0.2, 0) is 4.79 Å². The summed E-state index contributed by atoms with van der Waals surface area (Å²) in [6.45, 7) is 0.0586. The molecule has 1 atom stereocenters. The quantitative estimate of drug-likeness (QED) is 0.756. The molecule has 5 nitrogen and oxygen atoms in total. The van der Waals surface area contributed by atoms with Crippen molar-refractivity contribution in [2.24, 2.45) is 0 Å². The van der Waals surface area contributed by atoms with Gasteiger partial charge >= 0.3 is 0 Å². The largest absolute Gasteiger partial charge is 0.485 e. The Labute approximate surface area is 151 Å². The fourth-order valence-electron chi connectivity index (χ4n) is 2.52. The number of carbonyl (C=O) groups excluding carboxylic acids is 1. The van der Waals surface area contributed by atoms with E-state index in [4.69, 9.17) is 9.47 Å². The highest BCUT2D eigenvalue weighted by Crippen LogP contribution is 2.32. The van der Waals surface area contributed by atoms with Crippen LogP contribution in [0.3, 0.4) is 0 Å². The predicted molar refractivity (Wildman–Crippen MR) is 92.4 cm³/mol. The number of hydrogen-bond acceptors (Lipinski definition) is 5. The Morgan fingerprint density at radius 3 is 2.62 bits per heavy atom. The third-order valence-corrected chi connectivity index (χ3v) is 4.51. The molecule has 132 valence electrons. The number of anilines is 1. The smallest absolute Gasteiger partial charge is 0.270 e. The van der Waals surface area contributed by atoms with Crippen LogP contribution >= 0.6 is 11.3 Å². The molecule has 0 bridgehead atoms. The van der Waals surface area contributed by atoms with Gasteiger partial charge in [-0.3, -0.25) is 10.1 Å². The van der Waals surface area contributed by atoms with Gasteiger partial charge in [-0.2, -0.15) is 0 Å². The lowest BCUT2D eigenvalue weighted by atomic mass is 10.1. The van der Waals surface area contributed by atoms with E-state index >= 15 is 0 Å². The van der Waals surface area contributed by atoms with Crippen molar-refractivity contribution in [3.8, 4) is 22.8 Å². The van der Waals surface area contributed by atoms with Crippen LogP contribution in [0.5, 0.6) is 11.5 Å². The van der Waals surface area contributed by atoms with Crippen molar-refractivity contribution in [2.75, 3.05) is 11.9 Å². The van der Waals surface area contributed by atoms with Gasteiger partial charge in [0.2, 0.25) is 6.10 Å². The van der Waals surface area contributed by atoms with E-state index < -0.39 is 23.6 Å². The Balaban J connectivity index is 1.49. The van der Waals surface area contributed by atoms with Crippen molar-refractivity contribution in [1.82, 2.24) is 4.98 Å². The van der Waals surface area contributed by atoms with Crippen LogP contribution in [0.25, 0.3) is 11.3 Å². The first-order valence-electron chi connectivity index (χ1n) is 7.71. The fraction of sp³-hybridized carbons (Fsp3) is 0.111. The minimum absolute atomic E-state index is 0.0586. The maximum absolute atomic E-state index is 13.8. The van der Waals surface area contributed by atoms with Crippen LogP contribution in [0.15, 0.2) is 47.8 Å². The van der Waals surface area contributed by atoms with E-state index in [9.17, 15) is 13.6 Å². The van der Waals surface area contributed by atoms with Crippen molar-refractivity contribution < 1.29 is 23.0 Å². The van der Waals surface area contributed by atoms with Crippen molar-refractivity contribution in [3.63, 3.8) is 0 Å². The zero-order valence-corrected chi connectivity index (χ0v) is 14.1. The summed E-state index contributed by atoms with van der Waals surface area (Å²) < 4.78 is 38.8. The van der Waals surface area contributed by atoms with Gasteiger partial charge in [-0.25, -0.2) is 13.8 Å². The summed E-state index contributed by atoms with van der Waals surface area (Å²) >= 11 is 1.07. The minimum atomic E-state index is -0.845. The van der Waals surface area contributed by atoms with Crippen molar-refractivity contribution in [3.05, 3.63) is 59.5 Å². The maximum Gasteiger partial charge on any atom is 0.270 e. The Morgan fingerprint density at radius 1 is 1.12 bits per heavy atom. The standard InChI is InChI=1S/C18H12F2N2O3S/c19-10-4-3-5-11(20)16(10)12-9-26-18(21-12)22-17(23)15-8-24-13-6-1-2-7-14(13)25-15/h1-7,9,15H,8H2,(H,21,22,23)/t15-/m0/s1. The number of nitrogens with one attached hydrogen (secondary N) is 1. The average molecular weight is 374 g/mol. The number of carbonyl (C=O) groups is 1. The number of benzene rings is 2. The highest BCUT2D eigenvalue weighted by atomic mass is 32.1. The van der Waals surface area contributed by atoms with Crippen LogP contribution in [0.4, 0.5) is 13.9 Å². The number of aromatic nitrogens is 1. The molecule has 26 heavy (non-hydrogen) atoms. The number of thiazole rings is 1. The maximum atomic E-state index is 13.8. The molecule has 4 rings (SSSR count). The monoisotopic (exact) mass is 374 g/mol. The van der Waals surface area contributed by atoms with Gasteiger partial charge < -0.3 is 9.47 Å². The lowest BCUT2D eigenvalue weighted by molar-refractivity contribution is -0.125. The molecule has 0 unspecified atom stereocenters. The normalized spacial score (nSPS) is 15.5. The number of amides is 1. The molecule has 2 aromatic carbocycles. The number of fused-ring (bicyclic) bond motifs is 1. The minimum Gasteiger partial charge on any atom is -0.485 e. The first kappa shape index (κ1) is 16.5. The van der Waals surface area contributed by atoms with Crippen molar-refractivity contribution in [2.45, 2.75) is 6.10 Å². The Kier molecular flexibility index (Phi) is 4.26. The third-order valence-electron chi connectivity index (χ3n) is 3.75. The predicted octanol–water partition coefficient (Wildman–Crippen LogP) is 3.87. The molecule has 0 spiro atoms. The van der Waals surface area contributed by atoms with Crippen LogP contribution < -0.4 is 14.8 Å². The molecule has 0 aliphatic carbocycles. The highest BCUT2D eigenvalue weighted by molar-refractivity contribution is 7.14. The summed E-state index contributed by atoms with van der Waals surface area (Å²) in [6.07, 6.45) is -0.845. The number of ether oxygens (including phenoxy) is 2. The summed E-state index contributed by atoms with van der Waals surface area (Å²) in [5, 5.41) is 4.28. The third kappa shape index (κ3) is 3.11. The lowest BCUT2D eigenvalue weighted by Gasteiger charge is -2.25. The van der Waals surface area contributed by atoms with Gasteiger partial charge in [0.05, 0.1) is 11.3 Å². The second-order valence-electron chi connectivity index (χ2n) is 5.49. The van der Waals surface area contributed by atoms with Crippen LogP contribution in [0.2, 0.25) is 0 Å². The van der Waals surface area contributed by atoms with Crippen LogP contribution in [0.1, 0.15) is 0 Å². The zero-order valence-electron chi connectivity index (χ0n) is 13.2. The first-order chi connectivity index (χ1) is 12.6. The van der Waals surface area contributed by atoms with E-state index in [1.54, 1.807) is 18.2 Å². The Morgan fingerprint density at radius 2 is 1.85 bits per heavy atom. The highest BCUT2D eigenvalue weighted by Gasteiger charge is 2.28. The van der Waals surface area contributed by atoms with E-state index in [1.807, 2.05) is 6.07 Å².